The van der Waals surface area contributed by atoms with E-state index in [-0.39, 0.29) is 6.04 Å². The molecule has 0 saturated heterocycles. The van der Waals surface area contributed by atoms with Crippen molar-refractivity contribution in [3.05, 3.63) is 36.0 Å². The summed E-state index contributed by atoms with van der Waals surface area (Å²) in [5, 5.41) is 6.48. The van der Waals surface area contributed by atoms with E-state index in [0.717, 1.165) is 5.56 Å². The third-order valence-electron chi connectivity index (χ3n) is 2.06. The van der Waals surface area contributed by atoms with Gasteiger partial charge in [-0.1, -0.05) is 6.07 Å². The number of H-pyrrole nitrogens is 1. The minimum absolute atomic E-state index is 0.332. The molecule has 1 atom stereocenters. The zero-order valence-corrected chi connectivity index (χ0v) is 7.88. The molecule has 6 N–H and O–H groups in total. The first-order valence-electron chi connectivity index (χ1n) is 4.34. The van der Waals surface area contributed by atoms with E-state index in [9.17, 15) is 0 Å². The van der Waals surface area contributed by atoms with Crippen molar-refractivity contribution in [1.29, 1.82) is 0 Å². The predicted octanol–water partition coefficient (Wildman–Crippen LogP) is -0.665. The molecule has 0 radical (unpaired) electrons. The highest BCUT2D eigenvalue weighted by atomic mass is 15.3. The van der Waals surface area contributed by atoms with Gasteiger partial charge in [-0.3, -0.25) is 10.9 Å². The Morgan fingerprint density at radius 1 is 1.40 bits per heavy atom. The lowest BCUT2D eigenvalue weighted by molar-refractivity contribution is 0.604. The third kappa shape index (κ3) is 1.78. The number of aromatic nitrogens is 4. The van der Waals surface area contributed by atoms with Crippen LogP contribution in [0.3, 0.4) is 0 Å². The molecule has 0 aliphatic carbocycles. The average molecular weight is 205 g/mol. The Kier molecular flexibility index (Phi) is 2.57. The summed E-state index contributed by atoms with van der Waals surface area (Å²) >= 11 is 0. The first-order valence-corrected chi connectivity index (χ1v) is 4.34. The van der Waals surface area contributed by atoms with Crippen molar-refractivity contribution in [2.45, 2.75) is 6.04 Å². The van der Waals surface area contributed by atoms with E-state index in [2.05, 4.69) is 25.6 Å². The summed E-state index contributed by atoms with van der Waals surface area (Å²) in [6.07, 6.45) is 3.03. The molecule has 1 unspecified atom stereocenters. The SMILES string of the molecule is NNC(c1ncn[nH]1)c1cccnc1N. The van der Waals surface area contributed by atoms with E-state index < -0.39 is 0 Å². The Morgan fingerprint density at radius 3 is 2.87 bits per heavy atom. The van der Waals surface area contributed by atoms with Crippen molar-refractivity contribution in [1.82, 2.24) is 25.6 Å². The highest BCUT2D eigenvalue weighted by Gasteiger charge is 2.17. The standard InChI is InChI=1S/C8H11N7/c9-7-5(2-1-3-11-7)6(14-10)8-12-4-13-15-8/h1-4,6,14H,10H2,(H2,9,11)(H,12,13,15). The van der Waals surface area contributed by atoms with Crippen molar-refractivity contribution in [3.8, 4) is 0 Å². The van der Waals surface area contributed by atoms with Gasteiger partial charge in [-0.15, -0.1) is 0 Å². The molecule has 2 rings (SSSR count). The number of nitrogen functional groups attached to an aromatic ring is 1. The van der Waals surface area contributed by atoms with Gasteiger partial charge in [0.2, 0.25) is 0 Å². The van der Waals surface area contributed by atoms with Gasteiger partial charge in [0.1, 0.15) is 24.0 Å². The zero-order chi connectivity index (χ0) is 10.7. The van der Waals surface area contributed by atoms with Gasteiger partial charge in [-0.25, -0.2) is 15.4 Å². The Balaban J connectivity index is 2.40. The normalized spacial score (nSPS) is 12.6. The van der Waals surface area contributed by atoms with Crippen LogP contribution in [0.2, 0.25) is 0 Å². The minimum Gasteiger partial charge on any atom is -0.383 e. The second kappa shape index (κ2) is 4.03. The molecule has 7 nitrogen and oxygen atoms in total. The Labute approximate surface area is 85.9 Å². The van der Waals surface area contributed by atoms with Crippen molar-refractivity contribution < 1.29 is 0 Å². The van der Waals surface area contributed by atoms with Gasteiger partial charge in [0.05, 0.1) is 0 Å². The lowest BCUT2D eigenvalue weighted by atomic mass is 10.1. The summed E-state index contributed by atoms with van der Waals surface area (Å²) in [6, 6.07) is 3.28. The van der Waals surface area contributed by atoms with E-state index in [1.54, 1.807) is 12.3 Å². The molecule has 7 heteroatoms. The minimum atomic E-state index is -0.332. The van der Waals surface area contributed by atoms with Crippen LogP contribution in [0, 0.1) is 0 Å². The maximum absolute atomic E-state index is 5.73. The zero-order valence-electron chi connectivity index (χ0n) is 7.88. The van der Waals surface area contributed by atoms with Crippen molar-refractivity contribution >= 4 is 5.82 Å². The third-order valence-corrected chi connectivity index (χ3v) is 2.06. The van der Waals surface area contributed by atoms with E-state index in [1.165, 1.54) is 6.33 Å². The average Bonchev–Trinajstić information content (AvgIpc) is 2.75. The number of hydrogen-bond donors (Lipinski definition) is 4. The van der Waals surface area contributed by atoms with Gasteiger partial charge < -0.3 is 5.73 Å². The Morgan fingerprint density at radius 2 is 2.27 bits per heavy atom. The number of pyridine rings is 1. The van der Waals surface area contributed by atoms with E-state index in [1.807, 2.05) is 6.07 Å². The lowest BCUT2D eigenvalue weighted by Gasteiger charge is -2.14. The highest BCUT2D eigenvalue weighted by Crippen LogP contribution is 2.21. The van der Waals surface area contributed by atoms with Crippen LogP contribution in [0.15, 0.2) is 24.7 Å². The molecule has 0 fully saturated rings. The maximum Gasteiger partial charge on any atom is 0.147 e. The fourth-order valence-electron chi connectivity index (χ4n) is 1.34. The molecule has 0 bridgehead atoms. The second-order valence-electron chi connectivity index (χ2n) is 2.95. The monoisotopic (exact) mass is 205 g/mol. The number of anilines is 1. The lowest BCUT2D eigenvalue weighted by Crippen LogP contribution is -2.30. The summed E-state index contributed by atoms with van der Waals surface area (Å²) in [4.78, 5) is 7.99. The molecule has 15 heavy (non-hydrogen) atoms. The van der Waals surface area contributed by atoms with Gasteiger partial charge in [-0.05, 0) is 6.07 Å². The van der Waals surface area contributed by atoms with Gasteiger partial charge in [-0.2, -0.15) is 5.10 Å². The molecule has 0 amide bonds. The molecule has 0 aromatic carbocycles. The number of hydrogen-bond acceptors (Lipinski definition) is 6. The summed E-state index contributed by atoms with van der Waals surface area (Å²) in [6.45, 7) is 0. The molecule has 0 spiro atoms. The first kappa shape index (κ1) is 9.56. The largest absolute Gasteiger partial charge is 0.383 e. The molecule has 0 aliphatic rings. The van der Waals surface area contributed by atoms with E-state index in [0.29, 0.717) is 11.6 Å². The van der Waals surface area contributed by atoms with Crippen LogP contribution in [0.5, 0.6) is 0 Å². The van der Waals surface area contributed by atoms with Crippen LogP contribution in [-0.2, 0) is 0 Å². The highest BCUT2D eigenvalue weighted by molar-refractivity contribution is 5.43. The molecule has 0 saturated carbocycles. The number of nitrogens with two attached hydrogens (primary N) is 2. The molecule has 0 aliphatic heterocycles. The number of hydrazine groups is 1. The van der Waals surface area contributed by atoms with Crippen molar-refractivity contribution in [3.63, 3.8) is 0 Å². The van der Waals surface area contributed by atoms with Crippen LogP contribution >= 0.6 is 0 Å². The van der Waals surface area contributed by atoms with Gasteiger partial charge in [0, 0.05) is 11.8 Å². The summed E-state index contributed by atoms with van der Waals surface area (Å²) in [5.41, 5.74) is 9.10. The van der Waals surface area contributed by atoms with Crippen LogP contribution in [-0.4, -0.2) is 20.2 Å². The Bertz CT molecular complexity index is 424. The molecule has 2 aromatic rings. The summed E-state index contributed by atoms with van der Waals surface area (Å²) in [7, 11) is 0. The fourth-order valence-corrected chi connectivity index (χ4v) is 1.34. The fraction of sp³-hybridized carbons (Fsp3) is 0.125. The smallest absolute Gasteiger partial charge is 0.147 e. The van der Waals surface area contributed by atoms with E-state index in [4.69, 9.17) is 11.6 Å². The summed E-state index contributed by atoms with van der Waals surface area (Å²) in [5.74, 6) is 6.45. The Hall–Kier alpha value is -1.99. The predicted molar refractivity (Wildman–Crippen MR) is 54.2 cm³/mol. The molecular weight excluding hydrogens is 194 g/mol. The van der Waals surface area contributed by atoms with Crippen LogP contribution < -0.4 is 17.0 Å². The van der Waals surface area contributed by atoms with Crippen LogP contribution in [0.4, 0.5) is 5.82 Å². The topological polar surface area (TPSA) is 119 Å². The molecule has 2 aromatic heterocycles. The van der Waals surface area contributed by atoms with Crippen LogP contribution in [0.1, 0.15) is 17.4 Å². The van der Waals surface area contributed by atoms with Gasteiger partial charge >= 0.3 is 0 Å². The van der Waals surface area contributed by atoms with Crippen LogP contribution in [0.25, 0.3) is 0 Å². The molecular formula is C8H11N7. The first-order chi connectivity index (χ1) is 7.33. The number of nitrogens with zero attached hydrogens (tertiary/aromatic N) is 3. The number of aromatic amines is 1. The molecule has 78 valence electrons. The molecule has 2 heterocycles. The van der Waals surface area contributed by atoms with Crippen molar-refractivity contribution in [2.24, 2.45) is 5.84 Å². The quantitative estimate of drug-likeness (QED) is 0.390. The van der Waals surface area contributed by atoms with Gasteiger partial charge in [0.15, 0.2) is 0 Å². The number of nitrogens with one attached hydrogen (secondary N) is 2. The second-order valence-corrected chi connectivity index (χ2v) is 2.95. The number of rotatable bonds is 3. The van der Waals surface area contributed by atoms with Gasteiger partial charge in [0.25, 0.3) is 0 Å². The maximum atomic E-state index is 5.73. The van der Waals surface area contributed by atoms with E-state index >= 15 is 0 Å². The van der Waals surface area contributed by atoms with Crippen molar-refractivity contribution in [2.75, 3.05) is 5.73 Å². The summed E-state index contributed by atoms with van der Waals surface area (Å²) < 4.78 is 0.